The summed E-state index contributed by atoms with van der Waals surface area (Å²) in [6.45, 7) is 13.7. The molecule has 0 heterocycles. The average molecular weight is 536 g/mol. The fourth-order valence-electron chi connectivity index (χ4n) is 3.98. The van der Waals surface area contributed by atoms with Crippen LogP contribution in [0.5, 0.6) is 0 Å². The fraction of sp³-hybridized carbons (Fsp3) is 0.966. The minimum Gasteiger partial charge on any atom is -0.396 e. The Kier molecular flexibility index (Phi) is 21.9. The van der Waals surface area contributed by atoms with Crippen LogP contribution in [-0.4, -0.2) is 80.7 Å². The Morgan fingerprint density at radius 3 is 1.70 bits per heavy atom. The molecular formula is C29H61NO7. The van der Waals surface area contributed by atoms with Crippen molar-refractivity contribution in [2.75, 3.05) is 26.4 Å². The number of carbonyl (C=O) groups excluding carboxylic acids is 1. The topological polar surface area (TPSA) is 150 Å². The molecule has 0 aliphatic heterocycles. The number of carbonyl (C=O) groups is 1. The highest BCUT2D eigenvalue weighted by Crippen LogP contribution is 2.24. The first kappa shape index (κ1) is 38.4. The minimum absolute atomic E-state index is 0.000230. The average Bonchev–Trinajstić information content (AvgIpc) is 2.83. The van der Waals surface area contributed by atoms with Crippen LogP contribution in [0.2, 0.25) is 0 Å². The summed E-state index contributed by atoms with van der Waals surface area (Å²) < 4.78 is 0. The van der Waals surface area contributed by atoms with E-state index in [1.165, 1.54) is 38.5 Å². The van der Waals surface area contributed by atoms with Crippen molar-refractivity contribution in [1.82, 2.24) is 5.32 Å². The van der Waals surface area contributed by atoms with Crippen molar-refractivity contribution in [3.8, 4) is 0 Å². The van der Waals surface area contributed by atoms with Crippen LogP contribution >= 0.6 is 0 Å². The van der Waals surface area contributed by atoms with Crippen LogP contribution in [0.25, 0.3) is 0 Å². The number of rotatable bonds is 20. The zero-order chi connectivity index (χ0) is 29.1. The van der Waals surface area contributed by atoms with E-state index in [9.17, 15) is 20.1 Å². The number of aliphatic hydroxyl groups excluding tert-OH is 5. The smallest absolute Gasteiger partial charge is 0.249 e. The molecule has 0 saturated carbocycles. The molecule has 7 N–H and O–H groups in total. The lowest BCUT2D eigenvalue weighted by Gasteiger charge is -2.28. The molecular weight excluding hydrogens is 474 g/mol. The van der Waals surface area contributed by atoms with Crippen molar-refractivity contribution in [3.63, 3.8) is 0 Å². The van der Waals surface area contributed by atoms with Gasteiger partial charge in [-0.25, -0.2) is 0 Å². The molecule has 0 saturated heterocycles. The van der Waals surface area contributed by atoms with E-state index in [1.807, 2.05) is 0 Å². The number of nitrogens with one attached hydrogen (secondary N) is 1. The Morgan fingerprint density at radius 2 is 1.27 bits per heavy atom. The molecule has 0 aliphatic carbocycles. The van der Waals surface area contributed by atoms with E-state index in [1.54, 1.807) is 20.8 Å². The SMILES string of the molecule is CC(C)(CO)C(O)C(=O)NCCCO.CC(C)CCCC(C)CCCC(C)CCCC(C)(O)C(O)CO. The van der Waals surface area contributed by atoms with Gasteiger partial charge in [0.25, 0.3) is 0 Å². The van der Waals surface area contributed by atoms with E-state index in [4.69, 9.17) is 15.3 Å². The summed E-state index contributed by atoms with van der Waals surface area (Å²) in [5.74, 6) is 1.81. The first-order valence-electron chi connectivity index (χ1n) is 14.3. The molecule has 8 nitrogen and oxygen atoms in total. The lowest BCUT2D eigenvalue weighted by Crippen LogP contribution is -2.45. The van der Waals surface area contributed by atoms with Gasteiger partial charge in [-0.1, -0.05) is 92.9 Å². The molecule has 37 heavy (non-hydrogen) atoms. The van der Waals surface area contributed by atoms with Gasteiger partial charge in [-0.3, -0.25) is 4.79 Å². The second-order valence-corrected chi connectivity index (χ2v) is 12.3. The van der Waals surface area contributed by atoms with E-state index in [2.05, 4.69) is 33.0 Å². The highest BCUT2D eigenvalue weighted by molar-refractivity contribution is 5.81. The molecule has 0 aromatic heterocycles. The third-order valence-corrected chi connectivity index (χ3v) is 7.17. The van der Waals surface area contributed by atoms with E-state index in [0.717, 1.165) is 24.7 Å². The molecule has 224 valence electrons. The minimum atomic E-state index is -1.23. The monoisotopic (exact) mass is 535 g/mol. The standard InChI is InChI=1S/C20H42O3.C9H19NO4/c1-16(2)9-6-10-17(3)11-7-12-18(4)13-8-14-20(5,23)19(22)15-21;1-9(2,6-12)7(13)8(14)10-4-3-5-11/h16-19,21-23H,6-15H2,1-5H3;7,11-13H,3-6H2,1-2H3,(H,10,14). The predicted octanol–water partition coefficient (Wildman–Crippen LogP) is 3.39. The highest BCUT2D eigenvalue weighted by Gasteiger charge is 2.32. The van der Waals surface area contributed by atoms with E-state index in [-0.39, 0.29) is 19.8 Å². The molecule has 5 atom stereocenters. The first-order valence-corrected chi connectivity index (χ1v) is 14.3. The van der Waals surface area contributed by atoms with Crippen LogP contribution in [0, 0.1) is 23.2 Å². The fourth-order valence-corrected chi connectivity index (χ4v) is 3.98. The van der Waals surface area contributed by atoms with Crippen molar-refractivity contribution in [2.24, 2.45) is 23.2 Å². The van der Waals surface area contributed by atoms with Crippen molar-refractivity contribution in [3.05, 3.63) is 0 Å². The van der Waals surface area contributed by atoms with Gasteiger partial charge in [-0.15, -0.1) is 0 Å². The van der Waals surface area contributed by atoms with Gasteiger partial charge in [0.15, 0.2) is 0 Å². The molecule has 8 heteroatoms. The zero-order valence-corrected chi connectivity index (χ0v) is 24.9. The Morgan fingerprint density at radius 1 is 0.784 bits per heavy atom. The summed E-state index contributed by atoms with van der Waals surface area (Å²) in [7, 11) is 0. The maximum Gasteiger partial charge on any atom is 0.249 e. The summed E-state index contributed by atoms with van der Waals surface area (Å²) in [6.07, 6.45) is 8.64. The summed E-state index contributed by atoms with van der Waals surface area (Å²) in [5.41, 5.74) is -2.01. The van der Waals surface area contributed by atoms with Crippen molar-refractivity contribution < 1.29 is 35.4 Å². The second-order valence-electron chi connectivity index (χ2n) is 12.3. The molecule has 0 aromatic carbocycles. The summed E-state index contributed by atoms with van der Waals surface area (Å²) in [6, 6.07) is 0. The normalized spacial score (nSPS) is 16.8. The maximum absolute atomic E-state index is 11.3. The molecule has 1 amide bonds. The van der Waals surface area contributed by atoms with Gasteiger partial charge in [0.2, 0.25) is 5.91 Å². The summed E-state index contributed by atoms with van der Waals surface area (Å²) in [4.78, 5) is 11.3. The van der Waals surface area contributed by atoms with Gasteiger partial charge in [-0.2, -0.15) is 0 Å². The Balaban J connectivity index is 0. The molecule has 0 bridgehead atoms. The van der Waals surface area contributed by atoms with Gasteiger partial charge in [0.1, 0.15) is 12.2 Å². The predicted molar refractivity (Wildman–Crippen MR) is 150 cm³/mol. The highest BCUT2D eigenvalue weighted by atomic mass is 16.4. The lowest BCUT2D eigenvalue weighted by atomic mass is 9.87. The van der Waals surface area contributed by atoms with Gasteiger partial charge in [-0.05, 0) is 37.5 Å². The molecule has 0 rings (SSSR count). The zero-order valence-electron chi connectivity index (χ0n) is 24.9. The number of amides is 1. The van der Waals surface area contributed by atoms with Crippen molar-refractivity contribution in [1.29, 1.82) is 0 Å². The third-order valence-electron chi connectivity index (χ3n) is 7.17. The summed E-state index contributed by atoms with van der Waals surface area (Å²) >= 11 is 0. The number of hydrogen-bond acceptors (Lipinski definition) is 7. The van der Waals surface area contributed by atoms with Crippen LogP contribution in [0.4, 0.5) is 0 Å². The van der Waals surface area contributed by atoms with Gasteiger partial charge >= 0.3 is 0 Å². The molecule has 0 spiro atoms. The molecule has 5 unspecified atom stereocenters. The van der Waals surface area contributed by atoms with Crippen molar-refractivity contribution >= 4 is 5.91 Å². The third kappa shape index (κ3) is 19.9. The largest absolute Gasteiger partial charge is 0.396 e. The lowest BCUT2D eigenvalue weighted by molar-refractivity contribution is -0.137. The molecule has 0 aliphatic rings. The number of aliphatic hydroxyl groups is 6. The van der Waals surface area contributed by atoms with Gasteiger partial charge in [0.05, 0.1) is 18.8 Å². The van der Waals surface area contributed by atoms with Gasteiger partial charge in [0, 0.05) is 18.6 Å². The Bertz CT molecular complexity index is 554. The quantitative estimate of drug-likeness (QED) is 0.118. The van der Waals surface area contributed by atoms with E-state index >= 15 is 0 Å². The second kappa shape index (κ2) is 21.1. The molecule has 0 fully saturated rings. The van der Waals surface area contributed by atoms with Gasteiger partial charge < -0.3 is 36.0 Å². The van der Waals surface area contributed by atoms with Crippen LogP contribution in [0.3, 0.4) is 0 Å². The van der Waals surface area contributed by atoms with E-state index < -0.39 is 29.1 Å². The number of hydrogen-bond donors (Lipinski definition) is 7. The molecule has 0 aromatic rings. The molecule has 0 radical (unpaired) electrons. The van der Waals surface area contributed by atoms with Crippen LogP contribution in [-0.2, 0) is 4.79 Å². The Hall–Kier alpha value is -0.770. The van der Waals surface area contributed by atoms with Crippen LogP contribution < -0.4 is 5.32 Å². The van der Waals surface area contributed by atoms with E-state index in [0.29, 0.717) is 25.3 Å². The van der Waals surface area contributed by atoms with Crippen LogP contribution in [0.1, 0.15) is 113 Å². The summed E-state index contributed by atoms with van der Waals surface area (Å²) in [5, 5.41) is 57.9. The first-order chi connectivity index (χ1) is 17.1. The Labute approximate surface area is 226 Å². The van der Waals surface area contributed by atoms with Crippen molar-refractivity contribution in [2.45, 2.75) is 130 Å². The maximum atomic E-state index is 11.3. The van der Waals surface area contributed by atoms with Crippen LogP contribution in [0.15, 0.2) is 0 Å².